The highest BCUT2D eigenvalue weighted by molar-refractivity contribution is 6.30. The molecule has 1 heterocycles. The lowest BCUT2D eigenvalue weighted by molar-refractivity contribution is 0.708. The first-order chi connectivity index (χ1) is 8.20. The van der Waals surface area contributed by atoms with E-state index in [4.69, 9.17) is 11.6 Å². The van der Waals surface area contributed by atoms with Crippen LogP contribution in [0.4, 0.5) is 5.69 Å². The zero-order chi connectivity index (χ0) is 12.3. The number of benzene rings is 1. The molecule has 0 aliphatic carbocycles. The lowest BCUT2D eigenvalue weighted by Crippen LogP contribution is -2.08. The van der Waals surface area contributed by atoms with E-state index in [0.29, 0.717) is 6.54 Å². The summed E-state index contributed by atoms with van der Waals surface area (Å²) >= 11 is 5.98. The Morgan fingerprint density at radius 1 is 1.41 bits per heavy atom. The first-order valence-electron chi connectivity index (χ1n) is 5.70. The minimum absolute atomic E-state index is 0.710. The van der Waals surface area contributed by atoms with E-state index < -0.39 is 0 Å². The Morgan fingerprint density at radius 3 is 3.00 bits per heavy atom. The minimum Gasteiger partial charge on any atom is -0.378 e. The Bertz CT molecular complexity index is 505. The van der Waals surface area contributed by atoms with Crippen LogP contribution in [0, 0.1) is 6.92 Å². The molecule has 0 aliphatic heterocycles. The Kier molecular flexibility index (Phi) is 3.69. The van der Waals surface area contributed by atoms with E-state index in [1.54, 1.807) is 0 Å². The fraction of sp³-hybridized carbons (Fsp3) is 0.308. The molecule has 1 aromatic carbocycles. The molecule has 0 fully saturated rings. The number of anilines is 1. The summed E-state index contributed by atoms with van der Waals surface area (Å²) in [4.78, 5) is 4.32. The van der Waals surface area contributed by atoms with Gasteiger partial charge in [0.1, 0.15) is 5.82 Å². The van der Waals surface area contributed by atoms with Crippen LogP contribution in [-0.2, 0) is 13.1 Å². The van der Waals surface area contributed by atoms with Crippen LogP contribution >= 0.6 is 11.6 Å². The summed E-state index contributed by atoms with van der Waals surface area (Å²) in [7, 11) is 0. The van der Waals surface area contributed by atoms with Gasteiger partial charge in [-0.2, -0.15) is 0 Å². The predicted octanol–water partition coefficient (Wildman–Crippen LogP) is 3.48. The van der Waals surface area contributed by atoms with E-state index >= 15 is 0 Å². The lowest BCUT2D eigenvalue weighted by Gasteiger charge is -2.10. The number of nitrogens with one attached hydrogen (secondary N) is 1. The molecule has 1 N–H and O–H groups in total. The number of halogens is 1. The van der Waals surface area contributed by atoms with E-state index in [1.165, 1.54) is 5.56 Å². The molecule has 1 aromatic heterocycles. The van der Waals surface area contributed by atoms with Gasteiger partial charge in [-0.3, -0.25) is 0 Å². The first kappa shape index (κ1) is 12.0. The van der Waals surface area contributed by atoms with Crippen LogP contribution in [0.15, 0.2) is 30.6 Å². The van der Waals surface area contributed by atoms with Gasteiger partial charge in [-0.25, -0.2) is 4.98 Å². The molecule has 0 atom stereocenters. The summed E-state index contributed by atoms with van der Waals surface area (Å²) in [6, 6.07) is 5.85. The highest BCUT2D eigenvalue weighted by atomic mass is 35.5. The molecule has 0 unspecified atom stereocenters. The first-order valence-corrected chi connectivity index (χ1v) is 6.08. The van der Waals surface area contributed by atoms with Crippen LogP contribution in [0.1, 0.15) is 18.3 Å². The number of hydrogen-bond donors (Lipinski definition) is 1. The van der Waals surface area contributed by atoms with Crippen molar-refractivity contribution in [1.29, 1.82) is 0 Å². The largest absolute Gasteiger partial charge is 0.378 e. The van der Waals surface area contributed by atoms with E-state index in [1.807, 2.05) is 30.6 Å². The molecule has 17 heavy (non-hydrogen) atoms. The number of imidazole rings is 1. The van der Waals surface area contributed by atoms with Gasteiger partial charge >= 0.3 is 0 Å². The van der Waals surface area contributed by atoms with Crippen molar-refractivity contribution in [2.24, 2.45) is 0 Å². The maximum atomic E-state index is 5.98. The van der Waals surface area contributed by atoms with Gasteiger partial charge in [-0.15, -0.1) is 0 Å². The third-order valence-corrected chi connectivity index (χ3v) is 3.01. The standard InChI is InChI=1S/C13H16ClN3/c1-3-17-7-6-15-13(17)9-16-12-8-11(14)5-4-10(12)2/h4-8,16H,3,9H2,1-2H3. The molecule has 0 saturated heterocycles. The average molecular weight is 250 g/mol. The summed E-state index contributed by atoms with van der Waals surface area (Å²) in [5.74, 6) is 1.03. The monoisotopic (exact) mass is 249 g/mol. The fourth-order valence-corrected chi connectivity index (χ4v) is 1.93. The topological polar surface area (TPSA) is 29.9 Å². The Morgan fingerprint density at radius 2 is 2.24 bits per heavy atom. The Balaban J connectivity index is 2.09. The maximum Gasteiger partial charge on any atom is 0.128 e. The van der Waals surface area contributed by atoms with Crippen LogP contribution in [0.3, 0.4) is 0 Å². The molecule has 0 spiro atoms. The zero-order valence-electron chi connectivity index (χ0n) is 10.1. The molecule has 0 radical (unpaired) electrons. The zero-order valence-corrected chi connectivity index (χ0v) is 10.8. The SMILES string of the molecule is CCn1ccnc1CNc1cc(Cl)ccc1C. The number of rotatable bonds is 4. The summed E-state index contributed by atoms with van der Waals surface area (Å²) in [6.07, 6.45) is 3.81. The maximum absolute atomic E-state index is 5.98. The molecule has 2 rings (SSSR count). The quantitative estimate of drug-likeness (QED) is 0.899. The normalized spacial score (nSPS) is 10.5. The van der Waals surface area contributed by atoms with Crippen molar-refractivity contribution in [3.05, 3.63) is 47.0 Å². The molecule has 3 nitrogen and oxygen atoms in total. The van der Waals surface area contributed by atoms with Gasteiger partial charge < -0.3 is 9.88 Å². The molecule has 4 heteroatoms. The van der Waals surface area contributed by atoms with E-state index in [9.17, 15) is 0 Å². The van der Waals surface area contributed by atoms with Crippen LogP contribution in [-0.4, -0.2) is 9.55 Å². The molecule has 0 amide bonds. The summed E-state index contributed by atoms with van der Waals surface area (Å²) in [6.45, 7) is 5.81. The second-order valence-electron chi connectivity index (χ2n) is 3.94. The van der Waals surface area contributed by atoms with Crippen molar-refractivity contribution < 1.29 is 0 Å². The highest BCUT2D eigenvalue weighted by Crippen LogP contribution is 2.20. The number of aromatic nitrogens is 2. The van der Waals surface area contributed by atoms with Crippen LogP contribution in [0.2, 0.25) is 5.02 Å². The van der Waals surface area contributed by atoms with Gasteiger partial charge in [0, 0.05) is 29.6 Å². The highest BCUT2D eigenvalue weighted by Gasteiger charge is 2.03. The minimum atomic E-state index is 0.710. The second-order valence-corrected chi connectivity index (χ2v) is 4.38. The summed E-state index contributed by atoms with van der Waals surface area (Å²) in [5, 5.41) is 4.11. The average Bonchev–Trinajstić information content (AvgIpc) is 2.77. The van der Waals surface area contributed by atoms with Gasteiger partial charge in [0.15, 0.2) is 0 Å². The number of hydrogen-bond acceptors (Lipinski definition) is 2. The number of nitrogens with zero attached hydrogens (tertiary/aromatic N) is 2. The van der Waals surface area contributed by atoms with Crippen molar-refractivity contribution in [3.63, 3.8) is 0 Å². The van der Waals surface area contributed by atoms with Crippen molar-refractivity contribution in [2.75, 3.05) is 5.32 Å². The van der Waals surface area contributed by atoms with Gasteiger partial charge in [0.05, 0.1) is 6.54 Å². The van der Waals surface area contributed by atoms with Crippen molar-refractivity contribution in [1.82, 2.24) is 9.55 Å². The molecular formula is C13H16ClN3. The van der Waals surface area contributed by atoms with Gasteiger partial charge in [0.25, 0.3) is 0 Å². The molecular weight excluding hydrogens is 234 g/mol. The number of aryl methyl sites for hydroxylation is 2. The fourth-order valence-electron chi connectivity index (χ4n) is 1.75. The predicted molar refractivity (Wildman–Crippen MR) is 71.4 cm³/mol. The molecule has 0 aliphatic rings. The molecule has 0 saturated carbocycles. The second kappa shape index (κ2) is 5.23. The van der Waals surface area contributed by atoms with Gasteiger partial charge in [0.2, 0.25) is 0 Å². The third-order valence-electron chi connectivity index (χ3n) is 2.78. The Hall–Kier alpha value is -1.48. The van der Waals surface area contributed by atoms with E-state index in [2.05, 4.69) is 28.7 Å². The molecule has 90 valence electrons. The van der Waals surface area contributed by atoms with Crippen molar-refractivity contribution in [3.8, 4) is 0 Å². The Labute approximate surface area is 106 Å². The third kappa shape index (κ3) is 2.80. The van der Waals surface area contributed by atoms with Crippen molar-refractivity contribution in [2.45, 2.75) is 26.9 Å². The lowest BCUT2D eigenvalue weighted by atomic mass is 10.2. The molecule has 2 aromatic rings. The van der Waals surface area contributed by atoms with Crippen molar-refractivity contribution >= 4 is 17.3 Å². The summed E-state index contributed by atoms with van der Waals surface area (Å²) in [5.41, 5.74) is 2.24. The van der Waals surface area contributed by atoms with Gasteiger partial charge in [-0.1, -0.05) is 17.7 Å². The summed E-state index contributed by atoms with van der Waals surface area (Å²) < 4.78 is 2.12. The smallest absolute Gasteiger partial charge is 0.128 e. The van der Waals surface area contributed by atoms with Crippen LogP contribution < -0.4 is 5.32 Å². The van der Waals surface area contributed by atoms with Crippen LogP contribution in [0.25, 0.3) is 0 Å². The van der Waals surface area contributed by atoms with E-state index in [0.717, 1.165) is 23.1 Å². The van der Waals surface area contributed by atoms with Crippen LogP contribution in [0.5, 0.6) is 0 Å². The van der Waals surface area contributed by atoms with Gasteiger partial charge in [-0.05, 0) is 31.5 Å². The molecule has 0 bridgehead atoms. The van der Waals surface area contributed by atoms with E-state index in [-0.39, 0.29) is 0 Å².